The molecule has 0 bridgehead atoms. The van der Waals surface area contributed by atoms with E-state index in [1.807, 2.05) is 55.5 Å². The Labute approximate surface area is 130 Å². The van der Waals surface area contributed by atoms with Crippen LogP contribution in [0.3, 0.4) is 0 Å². The smallest absolute Gasteiger partial charge is 0.161 e. The van der Waals surface area contributed by atoms with Crippen molar-refractivity contribution < 1.29 is 4.79 Å². The monoisotopic (exact) mass is 293 g/mol. The molecule has 112 valence electrons. The quantitative estimate of drug-likeness (QED) is 0.736. The summed E-state index contributed by atoms with van der Waals surface area (Å²) >= 11 is 0. The Morgan fingerprint density at radius 3 is 2.45 bits per heavy atom. The van der Waals surface area contributed by atoms with Crippen LogP contribution in [0.5, 0.6) is 0 Å². The predicted octanol–water partition coefficient (Wildman–Crippen LogP) is 3.29. The molecule has 4 heteroatoms. The molecule has 0 radical (unpaired) electrons. The zero-order chi connectivity index (χ0) is 15.9. The number of fused-ring (bicyclic) bond motifs is 1. The van der Waals surface area contributed by atoms with Crippen molar-refractivity contribution in [3.05, 3.63) is 71.7 Å². The second kappa shape index (κ2) is 7.43. The van der Waals surface area contributed by atoms with Gasteiger partial charge in [-0.25, -0.2) is 0 Å². The summed E-state index contributed by atoms with van der Waals surface area (Å²) in [5.74, 6) is 0.0701. The van der Waals surface area contributed by atoms with Crippen LogP contribution >= 0.6 is 0 Å². The molecule has 0 fully saturated rings. The largest absolute Gasteiger partial charge is 0.325 e. The van der Waals surface area contributed by atoms with Gasteiger partial charge in [-0.05, 0) is 38.1 Å². The van der Waals surface area contributed by atoms with Crippen LogP contribution in [0.1, 0.15) is 28.7 Å². The summed E-state index contributed by atoms with van der Waals surface area (Å²) in [6.45, 7) is 3.96. The molecule has 0 aliphatic carbocycles. The third-order valence-electron chi connectivity index (χ3n) is 3.23. The molecule has 0 aliphatic rings. The lowest BCUT2D eigenvalue weighted by Gasteiger charge is -2.03. The second-order valence-electron chi connectivity index (χ2n) is 4.90. The van der Waals surface area contributed by atoms with Crippen molar-refractivity contribution >= 4 is 16.7 Å². The molecule has 2 N–H and O–H groups in total. The van der Waals surface area contributed by atoms with Crippen LogP contribution in [0.25, 0.3) is 10.9 Å². The minimum absolute atomic E-state index is 0.0701. The molecule has 1 aromatic carbocycles. The Morgan fingerprint density at radius 1 is 1.14 bits per heavy atom. The minimum atomic E-state index is 0.0701. The van der Waals surface area contributed by atoms with Crippen LogP contribution in [-0.2, 0) is 6.54 Å². The number of nitrogens with two attached hydrogens (primary N) is 1. The first kappa shape index (κ1) is 15.8. The van der Waals surface area contributed by atoms with E-state index in [0.29, 0.717) is 12.1 Å². The maximum Gasteiger partial charge on any atom is 0.161 e. The molecule has 3 aromatic rings. The van der Waals surface area contributed by atoms with Gasteiger partial charge in [0.15, 0.2) is 5.78 Å². The number of ketones is 1. The Bertz CT molecular complexity index is 770. The highest BCUT2D eigenvalue weighted by molar-refractivity contribution is 5.98. The summed E-state index contributed by atoms with van der Waals surface area (Å²) in [7, 11) is 0. The van der Waals surface area contributed by atoms with Crippen molar-refractivity contribution in [3.63, 3.8) is 0 Å². The highest BCUT2D eigenvalue weighted by Gasteiger charge is 2.06. The van der Waals surface area contributed by atoms with Crippen LogP contribution in [0.2, 0.25) is 0 Å². The van der Waals surface area contributed by atoms with Crippen LogP contribution < -0.4 is 5.73 Å². The van der Waals surface area contributed by atoms with Crippen LogP contribution in [0.15, 0.2) is 54.7 Å². The number of pyridine rings is 2. The lowest BCUT2D eigenvalue weighted by molar-refractivity contribution is 0.101. The fraction of sp³-hybridized carbons (Fsp3) is 0.167. The summed E-state index contributed by atoms with van der Waals surface area (Å²) < 4.78 is 0. The fourth-order valence-corrected chi connectivity index (χ4v) is 2.09. The van der Waals surface area contributed by atoms with Gasteiger partial charge in [-0.1, -0.05) is 24.3 Å². The van der Waals surface area contributed by atoms with E-state index in [1.165, 1.54) is 0 Å². The van der Waals surface area contributed by atoms with Gasteiger partial charge < -0.3 is 5.73 Å². The number of aryl methyl sites for hydroxylation is 1. The van der Waals surface area contributed by atoms with Crippen molar-refractivity contribution in [1.29, 1.82) is 0 Å². The van der Waals surface area contributed by atoms with Crippen molar-refractivity contribution in [3.8, 4) is 0 Å². The van der Waals surface area contributed by atoms with E-state index in [0.717, 1.165) is 22.3 Å². The lowest BCUT2D eigenvalue weighted by Crippen LogP contribution is -1.98. The maximum atomic E-state index is 11.3. The normalized spacial score (nSPS) is 9.95. The second-order valence-corrected chi connectivity index (χ2v) is 4.90. The van der Waals surface area contributed by atoms with Crippen molar-refractivity contribution in [1.82, 2.24) is 9.97 Å². The number of hydrogen-bond donors (Lipinski definition) is 1. The number of carbonyl (C=O) groups excluding carboxylic acids is 1. The predicted molar refractivity (Wildman–Crippen MR) is 88.6 cm³/mol. The van der Waals surface area contributed by atoms with Crippen molar-refractivity contribution in [2.24, 2.45) is 5.73 Å². The van der Waals surface area contributed by atoms with E-state index in [9.17, 15) is 4.79 Å². The summed E-state index contributed by atoms with van der Waals surface area (Å²) in [5.41, 5.74) is 8.68. The average molecular weight is 293 g/mol. The Morgan fingerprint density at radius 2 is 1.86 bits per heavy atom. The number of aromatic nitrogens is 2. The molecule has 0 spiro atoms. The van der Waals surface area contributed by atoms with E-state index >= 15 is 0 Å². The zero-order valence-corrected chi connectivity index (χ0v) is 12.8. The summed E-state index contributed by atoms with van der Waals surface area (Å²) in [6.07, 6.45) is 1.74. The Kier molecular flexibility index (Phi) is 5.33. The van der Waals surface area contributed by atoms with Crippen LogP contribution in [0, 0.1) is 6.92 Å². The molecule has 0 unspecified atom stereocenters. The molecular weight excluding hydrogens is 274 g/mol. The van der Waals surface area contributed by atoms with Gasteiger partial charge in [0.25, 0.3) is 0 Å². The number of hydrogen-bond acceptors (Lipinski definition) is 4. The number of nitrogens with zero attached hydrogens (tertiary/aromatic N) is 2. The van der Waals surface area contributed by atoms with E-state index in [4.69, 9.17) is 5.73 Å². The van der Waals surface area contributed by atoms with E-state index < -0.39 is 0 Å². The Balaban J connectivity index is 0.000000188. The van der Waals surface area contributed by atoms with E-state index in [2.05, 4.69) is 9.97 Å². The lowest BCUT2D eigenvalue weighted by atomic mass is 10.1. The topological polar surface area (TPSA) is 68.9 Å². The summed E-state index contributed by atoms with van der Waals surface area (Å²) in [4.78, 5) is 19.6. The molecular formula is C18H19N3O. The van der Waals surface area contributed by atoms with Gasteiger partial charge in [0, 0.05) is 29.4 Å². The Hall–Kier alpha value is -2.59. The average Bonchev–Trinajstić information content (AvgIpc) is 2.55. The number of carbonyl (C=O) groups is 1. The van der Waals surface area contributed by atoms with E-state index in [1.54, 1.807) is 13.1 Å². The first-order chi connectivity index (χ1) is 10.6. The van der Waals surface area contributed by atoms with Crippen molar-refractivity contribution in [2.45, 2.75) is 20.4 Å². The zero-order valence-electron chi connectivity index (χ0n) is 12.8. The highest BCUT2D eigenvalue weighted by atomic mass is 16.1. The summed E-state index contributed by atoms with van der Waals surface area (Å²) in [6, 6.07) is 15.4. The van der Waals surface area contributed by atoms with Gasteiger partial charge >= 0.3 is 0 Å². The fourth-order valence-electron chi connectivity index (χ4n) is 2.09. The third kappa shape index (κ3) is 3.96. The molecule has 4 nitrogen and oxygen atoms in total. The first-order valence-electron chi connectivity index (χ1n) is 7.09. The van der Waals surface area contributed by atoms with Gasteiger partial charge in [-0.15, -0.1) is 0 Å². The summed E-state index contributed by atoms with van der Waals surface area (Å²) in [5, 5.41) is 1.02. The molecule has 0 aliphatic heterocycles. The van der Waals surface area contributed by atoms with Gasteiger partial charge in [0.2, 0.25) is 0 Å². The van der Waals surface area contributed by atoms with E-state index in [-0.39, 0.29) is 5.78 Å². The standard InChI is InChI=1S/C12H11NO.C6H8N2/c1-8-11(9(2)14)7-10-5-3-4-6-12(10)13-8;7-5-6-3-1-2-4-8-6/h3-7H,1-2H3;1-4H,5,7H2. The number of Topliss-reactive ketones (excluding diaryl/α,β-unsaturated/α-hetero) is 1. The molecule has 2 heterocycles. The SMILES string of the molecule is CC(=O)c1cc2ccccc2nc1C.NCc1ccccn1. The first-order valence-corrected chi connectivity index (χ1v) is 7.09. The molecule has 0 saturated carbocycles. The third-order valence-corrected chi connectivity index (χ3v) is 3.23. The number of benzene rings is 1. The van der Waals surface area contributed by atoms with Crippen LogP contribution in [0.4, 0.5) is 0 Å². The highest BCUT2D eigenvalue weighted by Crippen LogP contribution is 2.16. The van der Waals surface area contributed by atoms with Crippen LogP contribution in [-0.4, -0.2) is 15.8 Å². The molecule has 3 rings (SSSR count). The molecule has 2 aromatic heterocycles. The van der Waals surface area contributed by atoms with Gasteiger partial charge in [-0.2, -0.15) is 0 Å². The molecule has 0 saturated heterocycles. The molecule has 0 atom stereocenters. The minimum Gasteiger partial charge on any atom is -0.325 e. The molecule has 22 heavy (non-hydrogen) atoms. The van der Waals surface area contributed by atoms with Crippen molar-refractivity contribution in [2.75, 3.05) is 0 Å². The number of rotatable bonds is 2. The van der Waals surface area contributed by atoms with Gasteiger partial charge in [0.05, 0.1) is 11.2 Å². The van der Waals surface area contributed by atoms with Gasteiger partial charge in [-0.3, -0.25) is 14.8 Å². The van der Waals surface area contributed by atoms with Gasteiger partial charge in [0.1, 0.15) is 0 Å². The number of para-hydroxylation sites is 1. The maximum absolute atomic E-state index is 11.3. The molecule has 0 amide bonds.